The van der Waals surface area contributed by atoms with Crippen molar-refractivity contribution in [3.8, 4) is 0 Å². The Morgan fingerprint density at radius 1 is 1.57 bits per heavy atom. The average molecular weight is 211 g/mol. The molecular formula is C9H9NO3S. The molecule has 0 saturated carbocycles. The van der Waals surface area contributed by atoms with Gasteiger partial charge >= 0.3 is 5.97 Å². The monoisotopic (exact) mass is 211 g/mol. The number of thiophene rings is 1. The van der Waals surface area contributed by atoms with Crippen LogP contribution in [0.3, 0.4) is 0 Å². The molecule has 5 heteroatoms. The summed E-state index contributed by atoms with van der Waals surface area (Å²) in [5, 5.41) is 1.95. The van der Waals surface area contributed by atoms with Gasteiger partial charge in [-0.25, -0.2) is 4.79 Å². The summed E-state index contributed by atoms with van der Waals surface area (Å²) in [5.74, 6) is -0.115. The molecule has 0 bridgehead atoms. The third kappa shape index (κ3) is 0.867. The van der Waals surface area contributed by atoms with Gasteiger partial charge in [0.15, 0.2) is 5.54 Å². The van der Waals surface area contributed by atoms with Crippen molar-refractivity contribution in [2.45, 2.75) is 5.54 Å². The SMILES string of the molecule is O=C1OC[C@@H]2CON[C@]12c1cccs1. The van der Waals surface area contributed by atoms with Crippen molar-refractivity contribution in [1.82, 2.24) is 5.48 Å². The van der Waals surface area contributed by atoms with Crippen LogP contribution in [-0.4, -0.2) is 19.2 Å². The van der Waals surface area contributed by atoms with Crippen LogP contribution in [0.4, 0.5) is 0 Å². The minimum Gasteiger partial charge on any atom is -0.463 e. The summed E-state index contributed by atoms with van der Waals surface area (Å²) < 4.78 is 5.07. The predicted molar refractivity (Wildman–Crippen MR) is 49.5 cm³/mol. The van der Waals surface area contributed by atoms with Crippen LogP contribution in [0.2, 0.25) is 0 Å². The van der Waals surface area contributed by atoms with Crippen molar-refractivity contribution in [3.63, 3.8) is 0 Å². The number of carbonyl (C=O) groups excluding carboxylic acids is 1. The predicted octanol–water partition coefficient (Wildman–Crippen LogP) is 0.651. The van der Waals surface area contributed by atoms with E-state index in [0.717, 1.165) is 4.88 Å². The van der Waals surface area contributed by atoms with E-state index in [1.807, 2.05) is 17.5 Å². The zero-order valence-electron chi connectivity index (χ0n) is 7.36. The van der Waals surface area contributed by atoms with E-state index in [1.165, 1.54) is 0 Å². The molecule has 0 aromatic carbocycles. The minimum absolute atomic E-state index is 0.105. The Bertz CT molecular complexity index is 364. The second-order valence-corrected chi connectivity index (χ2v) is 4.44. The normalized spacial score (nSPS) is 35.7. The van der Waals surface area contributed by atoms with Gasteiger partial charge in [0.2, 0.25) is 0 Å². The fourth-order valence-electron chi connectivity index (χ4n) is 1.99. The number of hydroxylamine groups is 1. The van der Waals surface area contributed by atoms with Gasteiger partial charge in [0.25, 0.3) is 0 Å². The van der Waals surface area contributed by atoms with E-state index in [2.05, 4.69) is 5.48 Å². The standard InChI is InChI=1S/C9H9NO3S/c11-8-9(7-2-1-3-14-7)6(4-12-8)5-13-10-9/h1-3,6,10H,4-5H2/t6-,9-/m1/s1. The first-order valence-electron chi connectivity index (χ1n) is 4.44. The van der Waals surface area contributed by atoms with Crippen LogP contribution in [0.15, 0.2) is 17.5 Å². The van der Waals surface area contributed by atoms with Crippen LogP contribution >= 0.6 is 11.3 Å². The van der Waals surface area contributed by atoms with E-state index >= 15 is 0 Å². The molecule has 0 radical (unpaired) electrons. The van der Waals surface area contributed by atoms with E-state index in [9.17, 15) is 4.79 Å². The maximum atomic E-state index is 11.7. The van der Waals surface area contributed by atoms with E-state index in [0.29, 0.717) is 13.2 Å². The Labute approximate surface area is 84.8 Å². The number of hydrogen-bond donors (Lipinski definition) is 1. The number of hydrogen-bond acceptors (Lipinski definition) is 5. The first-order chi connectivity index (χ1) is 6.84. The fraction of sp³-hybridized carbons (Fsp3) is 0.444. The first-order valence-corrected chi connectivity index (χ1v) is 5.32. The molecule has 2 fully saturated rings. The van der Waals surface area contributed by atoms with Crippen LogP contribution < -0.4 is 5.48 Å². The van der Waals surface area contributed by atoms with E-state index in [-0.39, 0.29) is 11.9 Å². The summed E-state index contributed by atoms with van der Waals surface area (Å²) >= 11 is 1.55. The van der Waals surface area contributed by atoms with Crippen LogP contribution in [0.1, 0.15) is 4.88 Å². The van der Waals surface area contributed by atoms with Gasteiger partial charge in [0.1, 0.15) is 0 Å². The molecule has 14 heavy (non-hydrogen) atoms. The van der Waals surface area contributed by atoms with Gasteiger partial charge in [-0.1, -0.05) is 6.07 Å². The van der Waals surface area contributed by atoms with Crippen LogP contribution in [0, 0.1) is 5.92 Å². The lowest BCUT2D eigenvalue weighted by atomic mass is 9.87. The van der Waals surface area contributed by atoms with Crippen molar-refractivity contribution in [2.75, 3.05) is 13.2 Å². The number of carbonyl (C=O) groups is 1. The van der Waals surface area contributed by atoms with Gasteiger partial charge in [0, 0.05) is 4.88 Å². The fourth-order valence-corrected chi connectivity index (χ4v) is 2.93. The van der Waals surface area contributed by atoms with Crippen LogP contribution in [-0.2, 0) is 19.9 Å². The molecule has 2 atom stereocenters. The van der Waals surface area contributed by atoms with E-state index < -0.39 is 5.54 Å². The zero-order chi connectivity index (χ0) is 9.60. The summed E-state index contributed by atoms with van der Waals surface area (Å²) in [7, 11) is 0. The number of esters is 1. The number of nitrogens with one attached hydrogen (secondary N) is 1. The lowest BCUT2D eigenvalue weighted by Gasteiger charge is -2.20. The molecule has 2 saturated heterocycles. The summed E-state index contributed by atoms with van der Waals surface area (Å²) in [6, 6.07) is 3.86. The van der Waals surface area contributed by atoms with Crippen molar-refractivity contribution in [1.29, 1.82) is 0 Å². The molecule has 2 aliphatic heterocycles. The second kappa shape index (κ2) is 2.79. The molecule has 74 valence electrons. The molecule has 1 aromatic heterocycles. The van der Waals surface area contributed by atoms with Crippen molar-refractivity contribution in [2.24, 2.45) is 5.92 Å². The average Bonchev–Trinajstić information content (AvgIpc) is 2.83. The Kier molecular flexibility index (Phi) is 1.67. The molecule has 3 rings (SSSR count). The van der Waals surface area contributed by atoms with Crippen LogP contribution in [0.25, 0.3) is 0 Å². The molecule has 0 amide bonds. The summed E-state index contributed by atoms with van der Waals surface area (Å²) in [4.78, 5) is 17.9. The lowest BCUT2D eigenvalue weighted by molar-refractivity contribution is -0.147. The number of ether oxygens (including phenoxy) is 1. The molecule has 0 unspecified atom stereocenters. The van der Waals surface area contributed by atoms with Gasteiger partial charge in [0.05, 0.1) is 19.1 Å². The highest BCUT2D eigenvalue weighted by molar-refractivity contribution is 7.10. The lowest BCUT2D eigenvalue weighted by Crippen LogP contribution is -2.44. The van der Waals surface area contributed by atoms with E-state index in [1.54, 1.807) is 11.3 Å². The molecule has 2 aliphatic rings. The highest BCUT2D eigenvalue weighted by Gasteiger charge is 2.58. The van der Waals surface area contributed by atoms with Crippen molar-refractivity contribution in [3.05, 3.63) is 22.4 Å². The number of rotatable bonds is 1. The zero-order valence-corrected chi connectivity index (χ0v) is 8.17. The third-order valence-electron chi connectivity index (χ3n) is 2.78. The molecule has 1 aromatic rings. The molecule has 0 spiro atoms. The van der Waals surface area contributed by atoms with E-state index in [4.69, 9.17) is 9.57 Å². The maximum Gasteiger partial charge on any atom is 0.334 e. The van der Waals surface area contributed by atoms with Gasteiger partial charge in [-0.15, -0.1) is 11.3 Å². The molecular weight excluding hydrogens is 202 g/mol. The van der Waals surface area contributed by atoms with Crippen molar-refractivity contribution < 1.29 is 14.4 Å². The van der Waals surface area contributed by atoms with Gasteiger partial charge in [-0.3, -0.25) is 4.84 Å². The molecule has 3 heterocycles. The van der Waals surface area contributed by atoms with Gasteiger partial charge in [-0.2, -0.15) is 5.48 Å². The molecule has 0 aliphatic carbocycles. The topological polar surface area (TPSA) is 47.6 Å². The summed E-state index contributed by atoms with van der Waals surface area (Å²) in [6.45, 7) is 0.980. The Morgan fingerprint density at radius 3 is 3.29 bits per heavy atom. The second-order valence-electron chi connectivity index (χ2n) is 3.49. The van der Waals surface area contributed by atoms with Crippen molar-refractivity contribution >= 4 is 17.3 Å². The maximum absolute atomic E-state index is 11.7. The quantitative estimate of drug-likeness (QED) is 0.693. The Balaban J connectivity index is 2.12. The first kappa shape index (κ1) is 8.40. The third-order valence-corrected chi connectivity index (χ3v) is 3.78. The highest BCUT2D eigenvalue weighted by atomic mass is 32.1. The molecule has 1 N–H and O–H groups in total. The smallest absolute Gasteiger partial charge is 0.334 e. The minimum atomic E-state index is -0.728. The number of fused-ring (bicyclic) bond motifs is 1. The number of cyclic esters (lactones) is 1. The molecule has 4 nitrogen and oxygen atoms in total. The van der Waals surface area contributed by atoms with Crippen LogP contribution in [0.5, 0.6) is 0 Å². The highest BCUT2D eigenvalue weighted by Crippen LogP contribution is 2.42. The Hall–Kier alpha value is -0.910. The van der Waals surface area contributed by atoms with Gasteiger partial charge in [-0.05, 0) is 11.4 Å². The summed E-state index contributed by atoms with van der Waals surface area (Å²) in [5.41, 5.74) is 2.09. The summed E-state index contributed by atoms with van der Waals surface area (Å²) in [6.07, 6.45) is 0. The largest absolute Gasteiger partial charge is 0.463 e. The van der Waals surface area contributed by atoms with Gasteiger partial charge < -0.3 is 4.74 Å². The Morgan fingerprint density at radius 2 is 2.50 bits per heavy atom.